The zero-order valence-corrected chi connectivity index (χ0v) is 13.0. The molecule has 138 valence electrons. The van der Waals surface area contributed by atoms with E-state index in [2.05, 4.69) is 0 Å². The number of hydrogen-bond donors (Lipinski definition) is 8. The summed E-state index contributed by atoms with van der Waals surface area (Å²) in [6.07, 6.45) is -6.01. The molecule has 0 radical (unpaired) electrons. The van der Waals surface area contributed by atoms with Gasteiger partial charge in [0.1, 0.15) is 30.5 Å². The van der Waals surface area contributed by atoms with E-state index in [1.165, 1.54) is 0 Å². The van der Waals surface area contributed by atoms with Crippen LogP contribution in [0.25, 0.3) is 0 Å². The highest BCUT2D eigenvalue weighted by Crippen LogP contribution is 2.04. The molecule has 0 saturated carbocycles. The van der Waals surface area contributed by atoms with Gasteiger partial charge in [-0.05, 0) is 12.0 Å². The molecule has 1 rings (SSSR count). The van der Waals surface area contributed by atoms with E-state index in [1.54, 1.807) is 0 Å². The van der Waals surface area contributed by atoms with Crippen molar-refractivity contribution >= 4 is 5.97 Å². The normalized spacial score (nSPS) is 17.0. The van der Waals surface area contributed by atoms with Crippen LogP contribution in [-0.4, -0.2) is 85.4 Å². The SMILES string of the molecule is NC(Cc1ccccc1)C(=O)O.OCC(O)C(O)C(O)C(O)CO. The Bertz CT molecular complexity index is 444. The van der Waals surface area contributed by atoms with Gasteiger partial charge in [-0.15, -0.1) is 0 Å². The van der Waals surface area contributed by atoms with Crippen molar-refractivity contribution in [2.45, 2.75) is 36.9 Å². The minimum atomic E-state index is -1.67. The van der Waals surface area contributed by atoms with Crippen molar-refractivity contribution in [3.63, 3.8) is 0 Å². The second-order valence-electron chi connectivity index (χ2n) is 5.12. The van der Waals surface area contributed by atoms with E-state index < -0.39 is 49.6 Å². The van der Waals surface area contributed by atoms with E-state index >= 15 is 0 Å². The first-order chi connectivity index (χ1) is 11.2. The van der Waals surface area contributed by atoms with Crippen molar-refractivity contribution in [3.8, 4) is 0 Å². The predicted octanol–water partition coefficient (Wildman–Crippen LogP) is -2.94. The summed E-state index contributed by atoms with van der Waals surface area (Å²) in [6.45, 7) is -1.45. The first kappa shape index (κ1) is 22.4. The molecule has 9 heteroatoms. The molecule has 5 unspecified atom stereocenters. The van der Waals surface area contributed by atoms with Gasteiger partial charge in [-0.1, -0.05) is 30.3 Å². The average Bonchev–Trinajstić information content (AvgIpc) is 2.60. The first-order valence-corrected chi connectivity index (χ1v) is 7.20. The van der Waals surface area contributed by atoms with Gasteiger partial charge < -0.3 is 41.5 Å². The van der Waals surface area contributed by atoms with Crippen molar-refractivity contribution in [1.82, 2.24) is 0 Å². The van der Waals surface area contributed by atoms with Crippen LogP contribution >= 0.6 is 0 Å². The van der Waals surface area contributed by atoms with Crippen LogP contribution in [-0.2, 0) is 11.2 Å². The number of nitrogens with two attached hydrogens (primary N) is 1. The molecule has 0 spiro atoms. The number of hydrogen-bond acceptors (Lipinski definition) is 8. The van der Waals surface area contributed by atoms with Crippen molar-refractivity contribution in [2.75, 3.05) is 13.2 Å². The maximum Gasteiger partial charge on any atom is 0.320 e. The van der Waals surface area contributed by atoms with Gasteiger partial charge in [0.05, 0.1) is 13.2 Å². The van der Waals surface area contributed by atoms with Gasteiger partial charge in [0.2, 0.25) is 0 Å². The third-order valence-electron chi connectivity index (χ3n) is 3.13. The molecule has 0 amide bonds. The maximum atomic E-state index is 10.4. The van der Waals surface area contributed by atoms with E-state index in [0.29, 0.717) is 6.42 Å². The minimum absolute atomic E-state index is 0.385. The highest BCUT2D eigenvalue weighted by molar-refractivity contribution is 5.73. The van der Waals surface area contributed by atoms with Crippen LogP contribution in [0.5, 0.6) is 0 Å². The van der Waals surface area contributed by atoms with E-state index in [4.69, 9.17) is 41.5 Å². The Kier molecular flexibility index (Phi) is 11.1. The smallest absolute Gasteiger partial charge is 0.320 e. The Morgan fingerprint density at radius 3 is 1.67 bits per heavy atom. The Balaban J connectivity index is 0.000000441. The van der Waals surface area contributed by atoms with E-state index in [0.717, 1.165) is 5.56 Å². The molecule has 0 bridgehead atoms. The Morgan fingerprint density at radius 2 is 1.33 bits per heavy atom. The second-order valence-corrected chi connectivity index (χ2v) is 5.12. The van der Waals surface area contributed by atoms with Gasteiger partial charge in [0.25, 0.3) is 0 Å². The molecular weight excluding hydrogens is 322 g/mol. The number of benzene rings is 1. The third kappa shape index (κ3) is 8.31. The number of carboxylic acids is 1. The molecule has 0 fully saturated rings. The Labute approximate surface area is 139 Å². The number of aliphatic carboxylic acids is 1. The summed E-state index contributed by atoms with van der Waals surface area (Å²) in [5, 5.41) is 60.7. The number of carboxylic acid groups (broad SMARTS) is 1. The molecule has 5 atom stereocenters. The molecule has 24 heavy (non-hydrogen) atoms. The van der Waals surface area contributed by atoms with Crippen molar-refractivity contribution in [1.29, 1.82) is 0 Å². The summed E-state index contributed by atoms with van der Waals surface area (Å²) in [4.78, 5) is 10.4. The monoisotopic (exact) mass is 347 g/mol. The molecular formula is C15H25NO8. The fraction of sp³-hybridized carbons (Fsp3) is 0.533. The lowest BCUT2D eigenvalue weighted by Crippen LogP contribution is -2.46. The van der Waals surface area contributed by atoms with E-state index in [-0.39, 0.29) is 0 Å². The molecule has 1 aromatic carbocycles. The third-order valence-corrected chi connectivity index (χ3v) is 3.13. The standard InChI is InChI=1S/C9H11NO2.C6H14O6/c10-8(9(11)12)6-7-4-2-1-3-5-7;7-1-3(9)5(11)6(12)4(10)2-8/h1-5,8H,6,10H2,(H,11,12);3-12H,1-2H2. The molecule has 0 saturated heterocycles. The zero-order chi connectivity index (χ0) is 18.7. The van der Waals surface area contributed by atoms with Gasteiger partial charge in [0, 0.05) is 0 Å². The number of aliphatic hydroxyl groups excluding tert-OH is 6. The summed E-state index contributed by atoms with van der Waals surface area (Å²) in [6, 6.07) is 8.54. The quantitative estimate of drug-likeness (QED) is 0.243. The van der Waals surface area contributed by atoms with E-state index in [1.807, 2.05) is 30.3 Å². The second kappa shape index (κ2) is 11.9. The van der Waals surface area contributed by atoms with Gasteiger partial charge in [0.15, 0.2) is 0 Å². The Morgan fingerprint density at radius 1 is 0.917 bits per heavy atom. The lowest BCUT2D eigenvalue weighted by molar-refractivity contribution is -0.138. The van der Waals surface area contributed by atoms with Crippen LogP contribution in [0, 0.1) is 0 Å². The lowest BCUT2D eigenvalue weighted by Gasteiger charge is -2.24. The molecule has 0 aliphatic rings. The Hall–Kier alpha value is -1.59. The van der Waals surface area contributed by atoms with Gasteiger partial charge >= 0.3 is 5.97 Å². The molecule has 9 nitrogen and oxygen atoms in total. The topological polar surface area (TPSA) is 185 Å². The number of aliphatic hydroxyl groups is 6. The number of carbonyl (C=O) groups is 1. The van der Waals surface area contributed by atoms with Gasteiger partial charge in [-0.2, -0.15) is 0 Å². The van der Waals surface area contributed by atoms with Crippen molar-refractivity contribution in [3.05, 3.63) is 35.9 Å². The molecule has 9 N–H and O–H groups in total. The van der Waals surface area contributed by atoms with Crippen LogP contribution in [0.1, 0.15) is 5.56 Å². The molecule has 0 aliphatic carbocycles. The minimum Gasteiger partial charge on any atom is -0.480 e. The fourth-order valence-electron chi connectivity index (χ4n) is 1.63. The van der Waals surface area contributed by atoms with Crippen molar-refractivity contribution < 1.29 is 40.5 Å². The summed E-state index contributed by atoms with van der Waals surface area (Å²) in [7, 11) is 0. The lowest BCUT2D eigenvalue weighted by atomic mass is 10.0. The predicted molar refractivity (Wildman–Crippen MR) is 84.0 cm³/mol. The molecule has 0 aromatic heterocycles. The van der Waals surface area contributed by atoms with Crippen molar-refractivity contribution in [2.24, 2.45) is 5.73 Å². The van der Waals surface area contributed by atoms with Crippen LogP contribution < -0.4 is 5.73 Å². The first-order valence-electron chi connectivity index (χ1n) is 7.20. The average molecular weight is 347 g/mol. The van der Waals surface area contributed by atoms with Crippen LogP contribution in [0.2, 0.25) is 0 Å². The molecule has 1 aromatic rings. The highest BCUT2D eigenvalue weighted by Gasteiger charge is 2.29. The van der Waals surface area contributed by atoms with Crippen LogP contribution in [0.15, 0.2) is 30.3 Å². The largest absolute Gasteiger partial charge is 0.480 e. The highest BCUT2D eigenvalue weighted by atomic mass is 16.4. The fourth-order valence-corrected chi connectivity index (χ4v) is 1.63. The zero-order valence-electron chi connectivity index (χ0n) is 13.0. The van der Waals surface area contributed by atoms with E-state index in [9.17, 15) is 4.79 Å². The number of rotatable bonds is 8. The van der Waals surface area contributed by atoms with Crippen LogP contribution in [0.3, 0.4) is 0 Å². The molecule has 0 heterocycles. The van der Waals surface area contributed by atoms with Crippen LogP contribution in [0.4, 0.5) is 0 Å². The summed E-state index contributed by atoms with van der Waals surface area (Å²) in [5.41, 5.74) is 6.30. The maximum absolute atomic E-state index is 10.4. The van der Waals surface area contributed by atoms with Gasteiger partial charge in [-0.3, -0.25) is 4.79 Å². The summed E-state index contributed by atoms with van der Waals surface area (Å²) in [5.74, 6) is -0.959. The summed E-state index contributed by atoms with van der Waals surface area (Å²) >= 11 is 0. The van der Waals surface area contributed by atoms with Gasteiger partial charge in [-0.25, -0.2) is 0 Å². The summed E-state index contributed by atoms with van der Waals surface area (Å²) < 4.78 is 0. The molecule has 0 aliphatic heterocycles.